The minimum atomic E-state index is -0.441. The molecule has 1 aliphatic heterocycles. The van der Waals surface area contributed by atoms with Crippen LogP contribution in [0.3, 0.4) is 0 Å². The number of benzene rings is 2. The third-order valence-electron chi connectivity index (χ3n) is 4.48. The zero-order valence-corrected chi connectivity index (χ0v) is 13.5. The van der Waals surface area contributed by atoms with Crippen molar-refractivity contribution in [2.45, 2.75) is 26.2 Å². The third-order valence-corrected chi connectivity index (χ3v) is 4.48. The molecular weight excluding hydrogens is 304 g/mol. The van der Waals surface area contributed by atoms with Gasteiger partial charge in [-0.1, -0.05) is 36.4 Å². The molecule has 0 saturated heterocycles. The minimum absolute atomic E-state index is 0.137. The zero-order chi connectivity index (χ0) is 16.8. The van der Waals surface area contributed by atoms with Gasteiger partial charge in [0.1, 0.15) is 5.58 Å². The average Bonchev–Trinajstić information content (AvgIpc) is 2.54. The van der Waals surface area contributed by atoms with Gasteiger partial charge >= 0.3 is 11.6 Å². The van der Waals surface area contributed by atoms with E-state index in [9.17, 15) is 9.59 Å². The average molecular weight is 320 g/mol. The van der Waals surface area contributed by atoms with Gasteiger partial charge in [-0.15, -0.1) is 0 Å². The zero-order valence-electron chi connectivity index (χ0n) is 13.5. The van der Waals surface area contributed by atoms with Crippen LogP contribution in [-0.2, 0) is 4.79 Å². The Morgan fingerprint density at radius 2 is 1.79 bits per heavy atom. The van der Waals surface area contributed by atoms with Crippen LogP contribution in [0.4, 0.5) is 0 Å². The molecule has 1 aromatic heterocycles. The van der Waals surface area contributed by atoms with Crippen LogP contribution < -0.4 is 10.4 Å². The van der Waals surface area contributed by atoms with Gasteiger partial charge in [0.25, 0.3) is 0 Å². The molecule has 0 spiro atoms. The standard InChI is InChI=1S/C20H16O4/c1-11-8-12(2)17-15(9-11)23-20(22)18-14(10-16(21)24-19(17)18)13-6-4-3-5-7-13/h3-9,14H,10H2,1-2H3/t14-/m0/s1. The highest BCUT2D eigenvalue weighted by Gasteiger charge is 2.34. The molecule has 0 bridgehead atoms. The highest BCUT2D eigenvalue weighted by molar-refractivity contribution is 5.92. The quantitative estimate of drug-likeness (QED) is 0.505. The van der Waals surface area contributed by atoms with Crippen LogP contribution in [-0.4, -0.2) is 5.97 Å². The first-order valence-electron chi connectivity index (χ1n) is 7.88. The summed E-state index contributed by atoms with van der Waals surface area (Å²) in [4.78, 5) is 24.8. The number of ether oxygens (including phenoxy) is 1. The maximum atomic E-state index is 12.6. The monoisotopic (exact) mass is 320 g/mol. The van der Waals surface area contributed by atoms with Gasteiger partial charge < -0.3 is 9.15 Å². The molecular formula is C20H16O4. The van der Waals surface area contributed by atoms with Gasteiger partial charge in [0.05, 0.1) is 17.4 Å². The van der Waals surface area contributed by atoms with Gasteiger partial charge in [0, 0.05) is 5.92 Å². The molecule has 0 radical (unpaired) electrons. The summed E-state index contributed by atoms with van der Waals surface area (Å²) in [5, 5.41) is 0.698. The second-order valence-electron chi connectivity index (χ2n) is 6.23. The summed E-state index contributed by atoms with van der Waals surface area (Å²) in [5.41, 5.74) is 3.27. The fourth-order valence-corrected chi connectivity index (χ4v) is 3.48. The SMILES string of the molecule is Cc1cc(C)c2c3c(c(=O)oc2c1)[C@H](c1ccccc1)CC(=O)O3. The molecule has 0 unspecified atom stereocenters. The Kier molecular flexibility index (Phi) is 3.27. The molecule has 120 valence electrons. The van der Waals surface area contributed by atoms with Gasteiger partial charge in [-0.3, -0.25) is 4.79 Å². The van der Waals surface area contributed by atoms with Gasteiger partial charge in [0.2, 0.25) is 0 Å². The Hall–Kier alpha value is -2.88. The molecule has 0 N–H and O–H groups in total. The van der Waals surface area contributed by atoms with Crippen LogP contribution in [0.25, 0.3) is 11.0 Å². The molecule has 1 atom stereocenters. The lowest BCUT2D eigenvalue weighted by atomic mass is 9.86. The van der Waals surface area contributed by atoms with E-state index < -0.39 is 5.63 Å². The summed E-state index contributed by atoms with van der Waals surface area (Å²) in [6.45, 7) is 3.86. The predicted molar refractivity (Wildman–Crippen MR) is 90.5 cm³/mol. The summed E-state index contributed by atoms with van der Waals surface area (Å²) in [6, 6.07) is 13.3. The third kappa shape index (κ3) is 2.22. The Morgan fingerprint density at radius 1 is 1.04 bits per heavy atom. The van der Waals surface area contributed by atoms with Crippen molar-refractivity contribution in [3.63, 3.8) is 0 Å². The normalized spacial score (nSPS) is 16.8. The number of carbonyl (C=O) groups is 1. The molecule has 4 heteroatoms. The van der Waals surface area contributed by atoms with E-state index in [0.717, 1.165) is 16.7 Å². The first kappa shape index (κ1) is 14.7. The van der Waals surface area contributed by atoms with Crippen molar-refractivity contribution in [2.75, 3.05) is 0 Å². The molecule has 0 saturated carbocycles. The van der Waals surface area contributed by atoms with E-state index in [2.05, 4.69) is 0 Å². The Labute approximate surface area is 138 Å². The number of carbonyl (C=O) groups excluding carboxylic acids is 1. The highest BCUT2D eigenvalue weighted by atomic mass is 16.5. The Balaban J connectivity index is 2.07. The summed E-state index contributed by atoms with van der Waals surface area (Å²) in [6.07, 6.45) is 0.137. The number of rotatable bonds is 1. The summed E-state index contributed by atoms with van der Waals surface area (Å²) >= 11 is 0. The topological polar surface area (TPSA) is 56.5 Å². The first-order valence-corrected chi connectivity index (χ1v) is 7.88. The lowest BCUT2D eigenvalue weighted by Gasteiger charge is -2.25. The van der Waals surface area contributed by atoms with Crippen molar-refractivity contribution in [3.8, 4) is 5.75 Å². The molecule has 2 aromatic carbocycles. The number of aryl methyl sites for hydroxylation is 2. The van der Waals surface area contributed by atoms with Crippen LogP contribution in [0.15, 0.2) is 51.7 Å². The van der Waals surface area contributed by atoms with E-state index in [1.54, 1.807) is 6.07 Å². The van der Waals surface area contributed by atoms with Crippen molar-refractivity contribution in [2.24, 2.45) is 0 Å². The fourth-order valence-electron chi connectivity index (χ4n) is 3.48. The second kappa shape index (κ2) is 5.34. The predicted octanol–water partition coefficient (Wildman–Crippen LogP) is 3.85. The van der Waals surface area contributed by atoms with Crippen molar-refractivity contribution in [3.05, 3.63) is 75.1 Å². The lowest BCUT2D eigenvalue weighted by Crippen LogP contribution is -2.26. The number of hydrogen-bond acceptors (Lipinski definition) is 4. The molecule has 0 fully saturated rings. The van der Waals surface area contributed by atoms with Crippen molar-refractivity contribution < 1.29 is 13.9 Å². The van der Waals surface area contributed by atoms with Crippen LogP contribution >= 0.6 is 0 Å². The maximum absolute atomic E-state index is 12.6. The lowest BCUT2D eigenvalue weighted by molar-refractivity contribution is -0.135. The summed E-state index contributed by atoms with van der Waals surface area (Å²) in [5.74, 6) is -0.323. The first-order chi connectivity index (χ1) is 11.5. The largest absolute Gasteiger partial charge is 0.425 e. The van der Waals surface area contributed by atoms with E-state index in [1.807, 2.05) is 50.2 Å². The van der Waals surface area contributed by atoms with Crippen LogP contribution in [0.1, 0.15) is 34.6 Å². The van der Waals surface area contributed by atoms with Crippen molar-refractivity contribution >= 4 is 16.9 Å². The molecule has 2 heterocycles. The Bertz CT molecular complexity index is 1020. The van der Waals surface area contributed by atoms with Crippen molar-refractivity contribution in [1.82, 2.24) is 0 Å². The van der Waals surface area contributed by atoms with Crippen molar-refractivity contribution in [1.29, 1.82) is 0 Å². The van der Waals surface area contributed by atoms with Crippen LogP contribution in [0.5, 0.6) is 5.75 Å². The summed E-state index contributed by atoms with van der Waals surface area (Å²) in [7, 11) is 0. The second-order valence-corrected chi connectivity index (χ2v) is 6.23. The number of hydrogen-bond donors (Lipinski definition) is 0. The van der Waals surface area contributed by atoms with Gasteiger partial charge in [-0.05, 0) is 36.6 Å². The van der Waals surface area contributed by atoms with Gasteiger partial charge in [0.15, 0.2) is 5.75 Å². The van der Waals surface area contributed by atoms with E-state index in [1.165, 1.54) is 0 Å². The maximum Gasteiger partial charge on any atom is 0.343 e. The fraction of sp³-hybridized carbons (Fsp3) is 0.200. The molecule has 0 amide bonds. The number of fused-ring (bicyclic) bond motifs is 3. The highest BCUT2D eigenvalue weighted by Crippen LogP contribution is 2.41. The van der Waals surface area contributed by atoms with E-state index in [0.29, 0.717) is 22.3 Å². The molecule has 4 nitrogen and oxygen atoms in total. The van der Waals surface area contributed by atoms with Gasteiger partial charge in [-0.25, -0.2) is 4.79 Å². The van der Waals surface area contributed by atoms with E-state index in [4.69, 9.17) is 9.15 Å². The molecule has 3 aromatic rings. The molecule has 1 aliphatic rings. The minimum Gasteiger partial charge on any atom is -0.425 e. The number of esters is 1. The molecule has 4 rings (SSSR count). The molecule has 24 heavy (non-hydrogen) atoms. The van der Waals surface area contributed by atoms with E-state index >= 15 is 0 Å². The smallest absolute Gasteiger partial charge is 0.343 e. The summed E-state index contributed by atoms with van der Waals surface area (Å²) < 4.78 is 11.1. The van der Waals surface area contributed by atoms with Gasteiger partial charge in [-0.2, -0.15) is 0 Å². The van der Waals surface area contributed by atoms with Crippen LogP contribution in [0, 0.1) is 13.8 Å². The van der Waals surface area contributed by atoms with Crippen LogP contribution in [0.2, 0.25) is 0 Å². The molecule has 0 aliphatic carbocycles. The van der Waals surface area contributed by atoms with E-state index in [-0.39, 0.29) is 18.3 Å². The Morgan fingerprint density at radius 3 is 2.54 bits per heavy atom.